The maximum Gasteiger partial charge on any atom is 0.305 e. The van der Waals surface area contributed by atoms with Crippen molar-refractivity contribution in [3.8, 4) is 0 Å². The highest BCUT2D eigenvalue weighted by Crippen LogP contribution is 2.32. The SMILES string of the molecule is CCNC1(CC(=O)O)CCCC1. The largest absolute Gasteiger partial charge is 0.481 e. The van der Waals surface area contributed by atoms with Crippen molar-refractivity contribution in [2.45, 2.75) is 44.6 Å². The van der Waals surface area contributed by atoms with Gasteiger partial charge in [-0.05, 0) is 19.4 Å². The average molecular weight is 171 g/mol. The van der Waals surface area contributed by atoms with Crippen LogP contribution in [0, 0.1) is 0 Å². The molecule has 70 valence electrons. The third-order valence-electron chi connectivity index (χ3n) is 2.60. The molecule has 1 saturated carbocycles. The standard InChI is InChI=1S/C9H17NO2/c1-2-10-9(7-8(11)12)5-3-4-6-9/h10H,2-7H2,1H3,(H,11,12). The van der Waals surface area contributed by atoms with Gasteiger partial charge in [0.2, 0.25) is 0 Å². The molecule has 1 fully saturated rings. The van der Waals surface area contributed by atoms with Crippen molar-refractivity contribution in [3.05, 3.63) is 0 Å². The van der Waals surface area contributed by atoms with Gasteiger partial charge in [-0.25, -0.2) is 0 Å². The predicted octanol–water partition coefficient (Wildman–Crippen LogP) is 1.38. The summed E-state index contributed by atoms with van der Waals surface area (Å²) in [6.07, 6.45) is 4.65. The van der Waals surface area contributed by atoms with Gasteiger partial charge in [-0.15, -0.1) is 0 Å². The van der Waals surface area contributed by atoms with Gasteiger partial charge < -0.3 is 10.4 Å². The van der Waals surface area contributed by atoms with Gasteiger partial charge in [0.25, 0.3) is 0 Å². The van der Waals surface area contributed by atoms with Crippen molar-refractivity contribution >= 4 is 5.97 Å². The second-order valence-corrected chi connectivity index (χ2v) is 3.59. The number of carboxylic acid groups (broad SMARTS) is 1. The van der Waals surface area contributed by atoms with E-state index < -0.39 is 5.97 Å². The highest BCUT2D eigenvalue weighted by molar-refractivity contribution is 5.68. The van der Waals surface area contributed by atoms with Crippen LogP contribution in [0.5, 0.6) is 0 Å². The molecule has 0 amide bonds. The van der Waals surface area contributed by atoms with E-state index in [1.807, 2.05) is 6.92 Å². The molecule has 0 unspecified atom stereocenters. The summed E-state index contributed by atoms with van der Waals surface area (Å²) in [5.74, 6) is -0.683. The predicted molar refractivity (Wildman–Crippen MR) is 47.1 cm³/mol. The monoisotopic (exact) mass is 171 g/mol. The van der Waals surface area contributed by atoms with Crippen molar-refractivity contribution in [1.82, 2.24) is 5.32 Å². The van der Waals surface area contributed by atoms with Gasteiger partial charge in [-0.3, -0.25) is 4.79 Å². The third-order valence-corrected chi connectivity index (χ3v) is 2.60. The van der Waals surface area contributed by atoms with E-state index in [0.29, 0.717) is 0 Å². The highest BCUT2D eigenvalue weighted by Gasteiger charge is 2.34. The first-order chi connectivity index (χ1) is 5.68. The number of nitrogens with one attached hydrogen (secondary N) is 1. The molecule has 1 aliphatic rings. The Labute approximate surface area is 73.2 Å². The molecule has 2 N–H and O–H groups in total. The summed E-state index contributed by atoms with van der Waals surface area (Å²) in [4.78, 5) is 10.6. The van der Waals surface area contributed by atoms with E-state index in [1.54, 1.807) is 0 Å². The summed E-state index contributed by atoms with van der Waals surface area (Å²) in [5.41, 5.74) is -0.0828. The van der Waals surface area contributed by atoms with E-state index in [2.05, 4.69) is 5.32 Å². The van der Waals surface area contributed by atoms with E-state index in [1.165, 1.54) is 12.8 Å². The summed E-state index contributed by atoms with van der Waals surface area (Å²) >= 11 is 0. The Morgan fingerprint density at radius 2 is 2.08 bits per heavy atom. The fourth-order valence-corrected chi connectivity index (χ4v) is 2.13. The van der Waals surface area contributed by atoms with Gasteiger partial charge in [0.1, 0.15) is 0 Å². The van der Waals surface area contributed by atoms with Crippen molar-refractivity contribution < 1.29 is 9.90 Å². The lowest BCUT2D eigenvalue weighted by molar-refractivity contribution is -0.138. The molecule has 12 heavy (non-hydrogen) atoms. The average Bonchev–Trinajstić information content (AvgIpc) is 2.36. The second kappa shape index (κ2) is 3.90. The summed E-state index contributed by atoms with van der Waals surface area (Å²) in [6, 6.07) is 0. The Kier molecular flexibility index (Phi) is 3.09. The number of hydrogen-bond donors (Lipinski definition) is 2. The van der Waals surface area contributed by atoms with Crippen LogP contribution in [0.3, 0.4) is 0 Å². The Morgan fingerprint density at radius 3 is 2.50 bits per heavy atom. The zero-order valence-electron chi connectivity index (χ0n) is 7.60. The van der Waals surface area contributed by atoms with Crippen molar-refractivity contribution in [3.63, 3.8) is 0 Å². The van der Waals surface area contributed by atoms with Crippen LogP contribution in [0.25, 0.3) is 0 Å². The normalized spacial score (nSPS) is 21.1. The summed E-state index contributed by atoms with van der Waals surface area (Å²) in [6.45, 7) is 2.90. The van der Waals surface area contributed by atoms with Crippen molar-refractivity contribution in [2.24, 2.45) is 0 Å². The molecule has 0 aliphatic heterocycles. The molecule has 0 heterocycles. The molecule has 0 aromatic heterocycles. The fourth-order valence-electron chi connectivity index (χ4n) is 2.13. The van der Waals surface area contributed by atoms with Crippen LogP contribution < -0.4 is 5.32 Å². The zero-order valence-corrected chi connectivity index (χ0v) is 7.60. The summed E-state index contributed by atoms with van der Waals surface area (Å²) in [5, 5.41) is 12.0. The Morgan fingerprint density at radius 1 is 1.50 bits per heavy atom. The molecule has 3 nitrogen and oxygen atoms in total. The van der Waals surface area contributed by atoms with E-state index in [0.717, 1.165) is 19.4 Å². The van der Waals surface area contributed by atoms with E-state index in [4.69, 9.17) is 5.11 Å². The van der Waals surface area contributed by atoms with E-state index >= 15 is 0 Å². The summed E-state index contributed by atoms with van der Waals surface area (Å²) < 4.78 is 0. The first-order valence-electron chi connectivity index (χ1n) is 4.65. The third kappa shape index (κ3) is 2.21. The van der Waals surface area contributed by atoms with Crippen LogP contribution in [0.4, 0.5) is 0 Å². The van der Waals surface area contributed by atoms with Crippen LogP contribution in [-0.2, 0) is 4.79 Å². The second-order valence-electron chi connectivity index (χ2n) is 3.59. The van der Waals surface area contributed by atoms with Crippen LogP contribution in [0.1, 0.15) is 39.0 Å². The molecule has 0 saturated heterocycles. The van der Waals surface area contributed by atoms with Gasteiger partial charge in [0, 0.05) is 5.54 Å². The van der Waals surface area contributed by atoms with Gasteiger partial charge in [0.05, 0.1) is 6.42 Å². The maximum atomic E-state index is 10.6. The minimum atomic E-state index is -0.683. The van der Waals surface area contributed by atoms with Gasteiger partial charge >= 0.3 is 5.97 Å². The Balaban J connectivity index is 2.52. The summed E-state index contributed by atoms with van der Waals surface area (Å²) in [7, 11) is 0. The molecule has 1 aliphatic carbocycles. The molecule has 0 aromatic carbocycles. The van der Waals surface area contributed by atoms with Crippen LogP contribution in [0.15, 0.2) is 0 Å². The lowest BCUT2D eigenvalue weighted by Gasteiger charge is -2.27. The maximum absolute atomic E-state index is 10.6. The molecular formula is C9H17NO2. The van der Waals surface area contributed by atoms with Crippen molar-refractivity contribution in [1.29, 1.82) is 0 Å². The zero-order chi connectivity index (χ0) is 9.03. The Bertz CT molecular complexity index is 162. The van der Waals surface area contributed by atoms with Gasteiger partial charge in [0.15, 0.2) is 0 Å². The molecule has 1 rings (SSSR count). The molecular weight excluding hydrogens is 154 g/mol. The van der Waals surface area contributed by atoms with Crippen molar-refractivity contribution in [2.75, 3.05) is 6.54 Å². The molecule has 0 radical (unpaired) electrons. The fraction of sp³-hybridized carbons (Fsp3) is 0.889. The number of rotatable bonds is 4. The highest BCUT2D eigenvalue weighted by atomic mass is 16.4. The molecule has 3 heteroatoms. The minimum absolute atomic E-state index is 0.0828. The Hall–Kier alpha value is -0.570. The molecule has 0 aromatic rings. The topological polar surface area (TPSA) is 49.3 Å². The molecule has 0 spiro atoms. The lowest BCUT2D eigenvalue weighted by Crippen LogP contribution is -2.44. The minimum Gasteiger partial charge on any atom is -0.481 e. The van der Waals surface area contributed by atoms with E-state index in [9.17, 15) is 4.79 Å². The molecule has 0 bridgehead atoms. The number of carbonyl (C=O) groups is 1. The van der Waals surface area contributed by atoms with Gasteiger partial charge in [-0.2, -0.15) is 0 Å². The quantitative estimate of drug-likeness (QED) is 0.672. The number of carboxylic acids is 1. The first kappa shape index (κ1) is 9.52. The molecule has 0 atom stereocenters. The first-order valence-corrected chi connectivity index (χ1v) is 4.65. The van der Waals surface area contributed by atoms with E-state index in [-0.39, 0.29) is 12.0 Å². The van der Waals surface area contributed by atoms with Gasteiger partial charge in [-0.1, -0.05) is 19.8 Å². The lowest BCUT2D eigenvalue weighted by atomic mass is 9.93. The van der Waals surface area contributed by atoms with Crippen LogP contribution >= 0.6 is 0 Å². The smallest absolute Gasteiger partial charge is 0.305 e. The number of hydrogen-bond acceptors (Lipinski definition) is 2. The van der Waals surface area contributed by atoms with Crippen LogP contribution in [0.2, 0.25) is 0 Å². The number of aliphatic carboxylic acids is 1. The van der Waals surface area contributed by atoms with Crippen LogP contribution in [-0.4, -0.2) is 23.2 Å².